The molecule has 1 aromatic rings. The van der Waals surface area contributed by atoms with Crippen LogP contribution in [0.1, 0.15) is 25.0 Å². The van der Waals surface area contributed by atoms with E-state index in [1.165, 1.54) is 0 Å². The van der Waals surface area contributed by atoms with Gasteiger partial charge in [-0.2, -0.15) is 0 Å². The Morgan fingerprint density at radius 3 is 2.65 bits per heavy atom. The lowest BCUT2D eigenvalue weighted by atomic mass is 10.1. The summed E-state index contributed by atoms with van der Waals surface area (Å²) in [5.41, 5.74) is 1.37. The molecule has 0 heterocycles. The molecular formula is C14H23NO4S. The molecule has 0 fully saturated rings. The van der Waals surface area contributed by atoms with Gasteiger partial charge in [-0.15, -0.1) is 0 Å². The third-order valence-electron chi connectivity index (χ3n) is 2.55. The van der Waals surface area contributed by atoms with Crippen LogP contribution in [0.2, 0.25) is 0 Å². The van der Waals surface area contributed by atoms with Crippen LogP contribution in [0.3, 0.4) is 0 Å². The fraction of sp³-hybridized carbons (Fsp3) is 0.571. The summed E-state index contributed by atoms with van der Waals surface area (Å²) in [6, 6.07) is 6.91. The van der Waals surface area contributed by atoms with Gasteiger partial charge >= 0.3 is 0 Å². The molecule has 20 heavy (non-hydrogen) atoms. The molecule has 1 rings (SSSR count). The van der Waals surface area contributed by atoms with Crippen LogP contribution in [0.25, 0.3) is 0 Å². The molecule has 0 aromatic heterocycles. The Hall–Kier alpha value is -0.950. The minimum absolute atomic E-state index is 0.0922. The lowest BCUT2D eigenvalue weighted by molar-refractivity contribution is 0.114. The topological polar surface area (TPSA) is 75.6 Å². The number of rotatable bonds is 9. The lowest BCUT2D eigenvalue weighted by Gasteiger charge is -2.09. The standard InChI is InChI=1S/C14H23NO4S/c1-12(2)10-19-7-6-15-20(17,18)11-14-5-3-4-13(8-14)9-16/h3-5,8,12,15-16H,6-7,9-11H2,1-2H3. The van der Waals surface area contributed by atoms with Crippen molar-refractivity contribution in [1.82, 2.24) is 4.72 Å². The van der Waals surface area contributed by atoms with Gasteiger partial charge in [0.1, 0.15) is 0 Å². The first-order valence-electron chi connectivity index (χ1n) is 6.66. The molecule has 0 saturated heterocycles. The summed E-state index contributed by atoms with van der Waals surface area (Å²) in [6.07, 6.45) is 0. The Morgan fingerprint density at radius 2 is 2.00 bits per heavy atom. The largest absolute Gasteiger partial charge is 0.392 e. The zero-order chi connectivity index (χ0) is 15.0. The second kappa shape index (κ2) is 8.36. The molecule has 0 amide bonds. The van der Waals surface area contributed by atoms with Gasteiger partial charge in [0.2, 0.25) is 10.0 Å². The van der Waals surface area contributed by atoms with E-state index in [-0.39, 0.29) is 18.9 Å². The van der Waals surface area contributed by atoms with Crippen LogP contribution in [0.4, 0.5) is 0 Å². The molecule has 114 valence electrons. The van der Waals surface area contributed by atoms with Gasteiger partial charge in [-0.05, 0) is 17.0 Å². The zero-order valence-electron chi connectivity index (χ0n) is 12.0. The van der Waals surface area contributed by atoms with Crippen molar-refractivity contribution in [1.29, 1.82) is 0 Å². The molecule has 1 aromatic carbocycles. The average molecular weight is 301 g/mol. The Kier molecular flexibility index (Phi) is 7.15. The first-order chi connectivity index (χ1) is 9.43. The molecule has 5 nitrogen and oxygen atoms in total. The fourth-order valence-electron chi connectivity index (χ4n) is 1.68. The summed E-state index contributed by atoms with van der Waals surface area (Å²) in [5.74, 6) is 0.346. The van der Waals surface area contributed by atoms with E-state index in [0.29, 0.717) is 30.3 Å². The molecule has 0 unspecified atom stereocenters. The summed E-state index contributed by atoms with van der Waals surface area (Å²) >= 11 is 0. The highest BCUT2D eigenvalue weighted by atomic mass is 32.2. The van der Waals surface area contributed by atoms with Crippen molar-refractivity contribution in [2.75, 3.05) is 19.8 Å². The van der Waals surface area contributed by atoms with Gasteiger partial charge < -0.3 is 9.84 Å². The predicted molar refractivity (Wildman–Crippen MR) is 78.6 cm³/mol. The van der Waals surface area contributed by atoms with Gasteiger partial charge in [0.05, 0.1) is 19.0 Å². The smallest absolute Gasteiger partial charge is 0.215 e. The zero-order valence-corrected chi connectivity index (χ0v) is 12.8. The van der Waals surface area contributed by atoms with Crippen molar-refractivity contribution in [3.05, 3.63) is 35.4 Å². The minimum Gasteiger partial charge on any atom is -0.392 e. The third-order valence-corrected chi connectivity index (χ3v) is 3.91. The van der Waals surface area contributed by atoms with E-state index in [2.05, 4.69) is 4.72 Å². The summed E-state index contributed by atoms with van der Waals surface area (Å²) in [6.45, 7) is 5.25. The second-order valence-electron chi connectivity index (χ2n) is 5.10. The maximum absolute atomic E-state index is 11.9. The van der Waals surface area contributed by atoms with E-state index in [1.54, 1.807) is 24.3 Å². The average Bonchev–Trinajstić information content (AvgIpc) is 2.37. The molecule has 0 saturated carbocycles. The number of benzene rings is 1. The summed E-state index contributed by atoms with van der Waals surface area (Å²) in [7, 11) is -3.37. The van der Waals surface area contributed by atoms with E-state index in [9.17, 15) is 8.42 Å². The van der Waals surface area contributed by atoms with Gasteiger partial charge in [0.15, 0.2) is 0 Å². The number of nitrogens with one attached hydrogen (secondary N) is 1. The molecule has 0 spiro atoms. The molecule has 0 aliphatic heterocycles. The number of hydrogen-bond donors (Lipinski definition) is 2. The molecule has 6 heteroatoms. The fourth-order valence-corrected chi connectivity index (χ4v) is 2.79. The van der Waals surface area contributed by atoms with Crippen LogP contribution in [-0.4, -0.2) is 33.3 Å². The van der Waals surface area contributed by atoms with Gasteiger partial charge in [-0.1, -0.05) is 38.1 Å². The number of ether oxygens (including phenoxy) is 1. The third kappa shape index (κ3) is 7.00. The van der Waals surface area contributed by atoms with Crippen LogP contribution in [-0.2, 0) is 27.1 Å². The van der Waals surface area contributed by atoms with Crippen LogP contribution < -0.4 is 4.72 Å². The number of hydrogen-bond acceptors (Lipinski definition) is 4. The minimum atomic E-state index is -3.37. The van der Waals surface area contributed by atoms with Gasteiger partial charge in [-0.3, -0.25) is 0 Å². The quantitative estimate of drug-likeness (QED) is 0.674. The highest BCUT2D eigenvalue weighted by Crippen LogP contribution is 2.08. The highest BCUT2D eigenvalue weighted by Gasteiger charge is 2.11. The number of aliphatic hydroxyl groups excluding tert-OH is 1. The van der Waals surface area contributed by atoms with Crippen LogP contribution in [0.5, 0.6) is 0 Å². The van der Waals surface area contributed by atoms with Crippen molar-refractivity contribution >= 4 is 10.0 Å². The van der Waals surface area contributed by atoms with Crippen molar-refractivity contribution in [2.24, 2.45) is 5.92 Å². The van der Waals surface area contributed by atoms with E-state index in [0.717, 1.165) is 0 Å². The number of sulfonamides is 1. The second-order valence-corrected chi connectivity index (χ2v) is 6.91. The van der Waals surface area contributed by atoms with Gasteiger partial charge in [0, 0.05) is 13.2 Å². The van der Waals surface area contributed by atoms with E-state index >= 15 is 0 Å². The Balaban J connectivity index is 2.41. The SMILES string of the molecule is CC(C)COCCNS(=O)(=O)Cc1cccc(CO)c1. The monoisotopic (exact) mass is 301 g/mol. The lowest BCUT2D eigenvalue weighted by Crippen LogP contribution is -2.29. The van der Waals surface area contributed by atoms with Gasteiger partial charge in [-0.25, -0.2) is 13.1 Å². The van der Waals surface area contributed by atoms with Crippen molar-refractivity contribution in [3.63, 3.8) is 0 Å². The van der Waals surface area contributed by atoms with Crippen LogP contribution in [0.15, 0.2) is 24.3 Å². The first kappa shape index (κ1) is 17.1. The maximum atomic E-state index is 11.9. The van der Waals surface area contributed by atoms with Crippen molar-refractivity contribution in [2.45, 2.75) is 26.2 Å². The van der Waals surface area contributed by atoms with Crippen molar-refractivity contribution in [3.8, 4) is 0 Å². The Morgan fingerprint density at radius 1 is 1.30 bits per heavy atom. The molecule has 0 bridgehead atoms. The first-order valence-corrected chi connectivity index (χ1v) is 8.32. The Bertz CT molecular complexity index is 500. The number of aliphatic hydroxyl groups is 1. The highest BCUT2D eigenvalue weighted by molar-refractivity contribution is 7.88. The molecule has 0 radical (unpaired) electrons. The molecule has 2 N–H and O–H groups in total. The molecule has 0 atom stereocenters. The summed E-state index contributed by atoms with van der Waals surface area (Å²) < 4.78 is 31.6. The van der Waals surface area contributed by atoms with E-state index in [1.807, 2.05) is 13.8 Å². The molecule has 0 aliphatic rings. The van der Waals surface area contributed by atoms with Crippen molar-refractivity contribution < 1.29 is 18.3 Å². The van der Waals surface area contributed by atoms with Crippen LogP contribution >= 0.6 is 0 Å². The predicted octanol–water partition coefficient (Wildman–Crippen LogP) is 1.27. The summed E-state index contributed by atoms with van der Waals surface area (Å²) in [5, 5.41) is 9.02. The van der Waals surface area contributed by atoms with E-state index < -0.39 is 10.0 Å². The summed E-state index contributed by atoms with van der Waals surface area (Å²) in [4.78, 5) is 0. The maximum Gasteiger partial charge on any atom is 0.215 e. The van der Waals surface area contributed by atoms with Crippen LogP contribution in [0, 0.1) is 5.92 Å². The van der Waals surface area contributed by atoms with Gasteiger partial charge in [0.25, 0.3) is 0 Å². The molecular weight excluding hydrogens is 278 g/mol. The van der Waals surface area contributed by atoms with E-state index in [4.69, 9.17) is 9.84 Å². The molecule has 0 aliphatic carbocycles. The Labute approximate surface area is 121 Å². The normalized spacial score (nSPS) is 12.0.